The third-order valence-electron chi connectivity index (χ3n) is 6.06. The van der Waals surface area contributed by atoms with Gasteiger partial charge >= 0.3 is 0 Å². The maximum absolute atomic E-state index is 12.6. The van der Waals surface area contributed by atoms with Gasteiger partial charge in [-0.1, -0.05) is 12.1 Å². The fourth-order valence-electron chi connectivity index (χ4n) is 4.42. The van der Waals surface area contributed by atoms with Crippen LogP contribution in [0.25, 0.3) is 0 Å². The third kappa shape index (κ3) is 4.60. The first-order valence-electron chi connectivity index (χ1n) is 10.5. The molecule has 3 aliphatic heterocycles. The number of sulfonamides is 1. The van der Waals surface area contributed by atoms with Crippen LogP contribution in [-0.4, -0.2) is 75.0 Å². The highest BCUT2D eigenvalue weighted by Crippen LogP contribution is 2.34. The van der Waals surface area contributed by atoms with E-state index in [1.807, 2.05) is 15.9 Å². The van der Waals surface area contributed by atoms with Crippen molar-refractivity contribution in [3.05, 3.63) is 24.3 Å². The average Bonchev–Trinajstić information content (AvgIpc) is 3.11. The Labute approximate surface area is 177 Å². The Morgan fingerprint density at radius 1 is 1.17 bits per heavy atom. The van der Waals surface area contributed by atoms with E-state index in [4.69, 9.17) is 0 Å². The van der Waals surface area contributed by atoms with Gasteiger partial charge in [-0.2, -0.15) is 4.72 Å². The van der Waals surface area contributed by atoms with Gasteiger partial charge in [-0.3, -0.25) is 14.5 Å². The van der Waals surface area contributed by atoms with Crippen molar-refractivity contribution < 1.29 is 18.0 Å². The highest BCUT2D eigenvalue weighted by molar-refractivity contribution is 7.89. The van der Waals surface area contributed by atoms with E-state index in [1.54, 1.807) is 18.2 Å². The molecule has 3 heterocycles. The first-order valence-corrected chi connectivity index (χ1v) is 12.0. The van der Waals surface area contributed by atoms with Crippen molar-refractivity contribution in [3.8, 4) is 0 Å². The van der Waals surface area contributed by atoms with Crippen LogP contribution in [0, 0.1) is 0 Å². The van der Waals surface area contributed by atoms with Crippen LogP contribution in [0.5, 0.6) is 0 Å². The number of benzene rings is 1. The molecule has 0 atom stereocenters. The molecule has 10 heteroatoms. The molecule has 0 aromatic heterocycles. The monoisotopic (exact) mass is 435 g/mol. The van der Waals surface area contributed by atoms with Gasteiger partial charge in [-0.15, -0.1) is 0 Å². The number of likely N-dealkylation sites (tertiary alicyclic amines) is 2. The molecule has 2 amide bonds. The summed E-state index contributed by atoms with van der Waals surface area (Å²) in [5.41, 5.74) is -0.0819. The molecule has 1 aromatic carbocycles. The van der Waals surface area contributed by atoms with Crippen LogP contribution in [0.2, 0.25) is 0 Å². The van der Waals surface area contributed by atoms with Gasteiger partial charge in [-0.25, -0.2) is 8.42 Å². The second-order valence-corrected chi connectivity index (χ2v) is 9.92. The minimum Gasteiger partial charge on any atom is -0.365 e. The second kappa shape index (κ2) is 8.52. The van der Waals surface area contributed by atoms with Crippen molar-refractivity contribution in [2.75, 3.05) is 44.6 Å². The van der Waals surface area contributed by atoms with Crippen molar-refractivity contribution >= 4 is 27.5 Å². The SMILES string of the molecule is O=C(CN1CCC2(CC1)Nc1ccccc1S(=O)(=O)N2)NCCCN1CCCC1=O. The summed E-state index contributed by atoms with van der Waals surface area (Å²) in [7, 11) is -3.55. The lowest BCUT2D eigenvalue weighted by Crippen LogP contribution is -2.62. The normalized spacial score (nSPS) is 22.5. The summed E-state index contributed by atoms with van der Waals surface area (Å²) in [4.78, 5) is 28.0. The van der Waals surface area contributed by atoms with Gasteiger partial charge in [0.15, 0.2) is 0 Å². The molecule has 0 aliphatic carbocycles. The van der Waals surface area contributed by atoms with Gasteiger partial charge in [-0.05, 0) is 37.8 Å². The van der Waals surface area contributed by atoms with Crippen molar-refractivity contribution in [1.29, 1.82) is 0 Å². The molecule has 0 saturated carbocycles. The van der Waals surface area contributed by atoms with Gasteiger partial charge in [0.25, 0.3) is 0 Å². The number of carbonyl (C=O) groups is 2. The summed E-state index contributed by atoms with van der Waals surface area (Å²) in [6.45, 7) is 3.60. The average molecular weight is 436 g/mol. The molecule has 9 nitrogen and oxygen atoms in total. The van der Waals surface area contributed by atoms with Crippen molar-refractivity contribution in [2.45, 2.75) is 42.7 Å². The number of para-hydroxylation sites is 1. The molecule has 2 saturated heterocycles. The van der Waals surface area contributed by atoms with Crippen LogP contribution < -0.4 is 15.4 Å². The quantitative estimate of drug-likeness (QED) is 0.555. The molecule has 0 radical (unpaired) electrons. The van der Waals surface area contributed by atoms with E-state index < -0.39 is 15.7 Å². The maximum atomic E-state index is 12.6. The Bertz CT molecular complexity index is 912. The summed E-state index contributed by atoms with van der Waals surface area (Å²) in [5, 5.41) is 6.28. The van der Waals surface area contributed by atoms with Gasteiger partial charge in [0, 0.05) is 39.1 Å². The molecule has 0 bridgehead atoms. The molecular weight excluding hydrogens is 406 g/mol. The summed E-state index contributed by atoms with van der Waals surface area (Å²) in [6.07, 6.45) is 3.47. The maximum Gasteiger partial charge on any atom is 0.244 e. The number of rotatable bonds is 6. The molecule has 164 valence electrons. The van der Waals surface area contributed by atoms with Crippen molar-refractivity contribution in [1.82, 2.24) is 19.8 Å². The smallest absolute Gasteiger partial charge is 0.244 e. The van der Waals surface area contributed by atoms with Crippen molar-refractivity contribution in [3.63, 3.8) is 0 Å². The molecular formula is C20H29N5O4S. The molecule has 1 spiro atoms. The lowest BCUT2D eigenvalue weighted by molar-refractivity contribution is -0.127. The summed E-state index contributed by atoms with van der Waals surface area (Å²) < 4.78 is 28.0. The Hall–Kier alpha value is -2.17. The molecule has 3 aliphatic rings. The number of anilines is 1. The van der Waals surface area contributed by atoms with E-state index in [9.17, 15) is 18.0 Å². The van der Waals surface area contributed by atoms with Gasteiger partial charge < -0.3 is 15.5 Å². The van der Waals surface area contributed by atoms with Crippen LogP contribution in [0.15, 0.2) is 29.2 Å². The van der Waals surface area contributed by atoms with Crippen LogP contribution in [-0.2, 0) is 19.6 Å². The zero-order chi connectivity index (χ0) is 21.2. The summed E-state index contributed by atoms with van der Waals surface area (Å²) in [5.74, 6) is 0.166. The van der Waals surface area contributed by atoms with E-state index in [2.05, 4.69) is 15.4 Å². The van der Waals surface area contributed by atoms with Gasteiger partial charge in [0.1, 0.15) is 10.6 Å². The number of nitrogens with one attached hydrogen (secondary N) is 3. The first kappa shape index (κ1) is 21.1. The van der Waals surface area contributed by atoms with E-state index in [0.717, 1.165) is 19.4 Å². The topological polar surface area (TPSA) is 111 Å². The van der Waals surface area contributed by atoms with E-state index in [-0.39, 0.29) is 16.7 Å². The fraction of sp³-hybridized carbons (Fsp3) is 0.600. The zero-order valence-electron chi connectivity index (χ0n) is 17.0. The molecule has 4 rings (SSSR count). The van der Waals surface area contributed by atoms with E-state index >= 15 is 0 Å². The number of amides is 2. The number of nitrogens with zero attached hydrogens (tertiary/aromatic N) is 2. The predicted octanol–water partition coefficient (Wildman–Crippen LogP) is 0.311. The Morgan fingerprint density at radius 3 is 2.67 bits per heavy atom. The minimum atomic E-state index is -3.55. The fourth-order valence-corrected chi connectivity index (χ4v) is 5.96. The first-order chi connectivity index (χ1) is 14.4. The predicted molar refractivity (Wildman–Crippen MR) is 112 cm³/mol. The molecule has 2 fully saturated rings. The number of hydrogen-bond donors (Lipinski definition) is 3. The largest absolute Gasteiger partial charge is 0.365 e. The molecule has 30 heavy (non-hydrogen) atoms. The lowest BCUT2D eigenvalue weighted by Gasteiger charge is -2.45. The molecule has 1 aromatic rings. The number of hydrogen-bond acceptors (Lipinski definition) is 6. The Kier molecular flexibility index (Phi) is 5.99. The highest BCUT2D eigenvalue weighted by atomic mass is 32.2. The van der Waals surface area contributed by atoms with Crippen LogP contribution in [0.1, 0.15) is 32.1 Å². The zero-order valence-corrected chi connectivity index (χ0v) is 17.8. The van der Waals surface area contributed by atoms with Crippen LogP contribution in [0.4, 0.5) is 5.69 Å². The standard InChI is InChI=1S/C20H29N5O4S/c26-18(21-10-4-12-25-11-3-7-19(25)27)15-24-13-8-20(9-14-24)22-16-5-1-2-6-17(16)30(28,29)23-20/h1-2,5-6,22-23H,3-4,7-15H2,(H,21,26). The van der Waals surface area contributed by atoms with Crippen LogP contribution in [0.3, 0.4) is 0 Å². The lowest BCUT2D eigenvalue weighted by atomic mass is 9.97. The Morgan fingerprint density at radius 2 is 1.93 bits per heavy atom. The minimum absolute atomic E-state index is 0.0405. The molecule has 3 N–H and O–H groups in total. The Balaban J connectivity index is 1.22. The number of fused-ring (bicyclic) bond motifs is 1. The second-order valence-electron chi connectivity index (χ2n) is 8.27. The summed E-state index contributed by atoms with van der Waals surface area (Å²) in [6, 6.07) is 6.91. The number of carbonyl (C=O) groups excluding carboxylic acids is 2. The molecule has 0 unspecified atom stereocenters. The van der Waals surface area contributed by atoms with E-state index in [0.29, 0.717) is 57.7 Å². The highest BCUT2D eigenvalue weighted by Gasteiger charge is 2.43. The van der Waals surface area contributed by atoms with Crippen molar-refractivity contribution in [2.24, 2.45) is 0 Å². The van der Waals surface area contributed by atoms with E-state index in [1.165, 1.54) is 0 Å². The van der Waals surface area contributed by atoms with Crippen LogP contribution >= 0.6 is 0 Å². The number of piperidine rings is 1. The van der Waals surface area contributed by atoms with Gasteiger partial charge in [0.05, 0.1) is 12.2 Å². The van der Waals surface area contributed by atoms with Gasteiger partial charge in [0.2, 0.25) is 21.8 Å². The summed E-state index contributed by atoms with van der Waals surface area (Å²) >= 11 is 0. The third-order valence-corrected chi connectivity index (χ3v) is 7.65.